The monoisotopic (exact) mass is 291 g/mol. The molecule has 0 unspecified atom stereocenters. The van der Waals surface area contributed by atoms with E-state index in [0.29, 0.717) is 0 Å². The molecule has 3 N–H and O–H groups in total. The molecule has 1 aliphatic rings. The van der Waals surface area contributed by atoms with Crippen molar-refractivity contribution >= 4 is 6.21 Å². The van der Waals surface area contributed by atoms with Crippen LogP contribution in [0.3, 0.4) is 0 Å². The Bertz CT molecular complexity index is 852. The van der Waals surface area contributed by atoms with Gasteiger partial charge in [0.2, 0.25) is 0 Å². The number of H-pyrrole nitrogens is 2. The lowest BCUT2D eigenvalue weighted by molar-refractivity contribution is 0.732. The predicted octanol–water partition coefficient (Wildman–Crippen LogP) is 3.13. The number of hydrogen-bond donors (Lipinski definition) is 3. The van der Waals surface area contributed by atoms with Crippen molar-refractivity contribution in [2.45, 2.75) is 20.4 Å². The van der Waals surface area contributed by atoms with Crippen LogP contribution in [-0.4, -0.2) is 21.4 Å². The molecule has 5 heteroatoms. The maximum atomic E-state index is 4.30. The Hall–Kier alpha value is -2.82. The van der Waals surface area contributed by atoms with Crippen LogP contribution in [0.1, 0.15) is 22.5 Å². The molecule has 22 heavy (non-hydrogen) atoms. The number of nitrogens with one attached hydrogen (secondary N) is 3. The fourth-order valence-corrected chi connectivity index (χ4v) is 2.89. The zero-order chi connectivity index (χ0) is 15.1. The van der Waals surface area contributed by atoms with E-state index in [2.05, 4.69) is 56.9 Å². The Balaban J connectivity index is 1.74. The highest BCUT2D eigenvalue weighted by molar-refractivity contribution is 5.92. The highest BCUT2D eigenvalue weighted by Gasteiger charge is 2.17. The van der Waals surface area contributed by atoms with Crippen LogP contribution >= 0.6 is 0 Å². The minimum Gasteiger partial charge on any atom is -0.358 e. The molecule has 4 rings (SSSR count). The van der Waals surface area contributed by atoms with Gasteiger partial charge < -0.3 is 10.4 Å². The van der Waals surface area contributed by atoms with Gasteiger partial charge in [-0.25, -0.2) is 0 Å². The number of hydrazone groups is 1. The molecule has 0 amide bonds. The molecular weight excluding hydrogens is 274 g/mol. The van der Waals surface area contributed by atoms with Crippen molar-refractivity contribution in [3.63, 3.8) is 0 Å². The van der Waals surface area contributed by atoms with Gasteiger partial charge in [-0.05, 0) is 25.5 Å². The Labute approximate surface area is 128 Å². The summed E-state index contributed by atoms with van der Waals surface area (Å²) >= 11 is 0. The summed E-state index contributed by atoms with van der Waals surface area (Å²) in [5.41, 5.74) is 12.1. The highest BCUT2D eigenvalue weighted by Crippen LogP contribution is 2.29. The van der Waals surface area contributed by atoms with Gasteiger partial charge in [-0.1, -0.05) is 24.3 Å². The van der Waals surface area contributed by atoms with Gasteiger partial charge in [-0.3, -0.25) is 5.10 Å². The van der Waals surface area contributed by atoms with Gasteiger partial charge >= 0.3 is 0 Å². The third-order valence-corrected chi connectivity index (χ3v) is 4.08. The topological polar surface area (TPSA) is 68.9 Å². The lowest BCUT2D eigenvalue weighted by Gasteiger charge is -2.09. The van der Waals surface area contributed by atoms with E-state index in [4.69, 9.17) is 0 Å². The normalized spacial score (nSPS) is 13.0. The third kappa shape index (κ3) is 2.02. The third-order valence-electron chi connectivity index (χ3n) is 4.08. The second-order valence-electron chi connectivity index (χ2n) is 5.62. The van der Waals surface area contributed by atoms with Crippen LogP contribution in [-0.2, 0) is 6.54 Å². The Morgan fingerprint density at radius 1 is 1.05 bits per heavy atom. The van der Waals surface area contributed by atoms with Crippen LogP contribution in [0.25, 0.3) is 22.5 Å². The summed E-state index contributed by atoms with van der Waals surface area (Å²) in [5.74, 6) is 0. The maximum absolute atomic E-state index is 4.30. The lowest BCUT2D eigenvalue weighted by Crippen LogP contribution is -2.12. The molecule has 0 fully saturated rings. The second-order valence-corrected chi connectivity index (χ2v) is 5.62. The summed E-state index contributed by atoms with van der Waals surface area (Å²) in [6.07, 6.45) is 1.89. The second kappa shape index (κ2) is 4.87. The summed E-state index contributed by atoms with van der Waals surface area (Å²) in [6, 6.07) is 10.5. The molecule has 1 aliphatic heterocycles. The predicted molar refractivity (Wildman–Crippen MR) is 87.7 cm³/mol. The molecule has 0 saturated carbocycles. The largest absolute Gasteiger partial charge is 0.358 e. The van der Waals surface area contributed by atoms with Gasteiger partial charge in [0.15, 0.2) is 0 Å². The lowest BCUT2D eigenvalue weighted by atomic mass is 10.0. The van der Waals surface area contributed by atoms with Gasteiger partial charge in [0.05, 0.1) is 24.1 Å². The van der Waals surface area contributed by atoms with E-state index in [-0.39, 0.29) is 0 Å². The molecular formula is C17H17N5. The molecule has 3 heterocycles. The molecule has 0 spiro atoms. The fraction of sp³-hybridized carbons (Fsp3) is 0.176. The molecule has 0 saturated heterocycles. The van der Waals surface area contributed by atoms with Crippen LogP contribution in [0.4, 0.5) is 0 Å². The first kappa shape index (κ1) is 12.9. The van der Waals surface area contributed by atoms with Crippen molar-refractivity contribution in [2.24, 2.45) is 5.10 Å². The Morgan fingerprint density at radius 2 is 1.82 bits per heavy atom. The van der Waals surface area contributed by atoms with Crippen LogP contribution in [0.5, 0.6) is 0 Å². The van der Waals surface area contributed by atoms with Crippen molar-refractivity contribution in [3.8, 4) is 22.5 Å². The number of aryl methyl sites for hydroxylation is 2. The van der Waals surface area contributed by atoms with Gasteiger partial charge in [0.1, 0.15) is 0 Å². The molecule has 3 aromatic rings. The molecule has 110 valence electrons. The number of fused-ring (bicyclic) bond motifs is 1. The van der Waals surface area contributed by atoms with Gasteiger partial charge in [0.25, 0.3) is 0 Å². The van der Waals surface area contributed by atoms with E-state index in [1.807, 2.05) is 19.2 Å². The quantitative estimate of drug-likeness (QED) is 0.679. The van der Waals surface area contributed by atoms with Crippen molar-refractivity contribution in [1.29, 1.82) is 0 Å². The van der Waals surface area contributed by atoms with Crippen molar-refractivity contribution in [2.75, 3.05) is 0 Å². The van der Waals surface area contributed by atoms with Crippen LogP contribution in [0.15, 0.2) is 35.4 Å². The van der Waals surface area contributed by atoms with E-state index in [9.17, 15) is 0 Å². The molecule has 5 nitrogen and oxygen atoms in total. The first-order valence-corrected chi connectivity index (χ1v) is 7.32. The van der Waals surface area contributed by atoms with Crippen molar-refractivity contribution in [3.05, 3.63) is 52.8 Å². The standard InChI is InChI=1S/C17H17N5/c1-10-7-16(22-21-10)12-3-5-13(6-4-12)17-15-9-19-18-8-14(15)11(2)20-17/h3-7,9,18,20H,8H2,1-2H3,(H,21,22). The molecule has 0 radical (unpaired) electrons. The molecule has 0 aliphatic carbocycles. The van der Waals surface area contributed by atoms with Crippen molar-refractivity contribution < 1.29 is 0 Å². The summed E-state index contributed by atoms with van der Waals surface area (Å²) in [5, 5.41) is 11.5. The zero-order valence-corrected chi connectivity index (χ0v) is 12.6. The summed E-state index contributed by atoms with van der Waals surface area (Å²) in [7, 11) is 0. The number of benzene rings is 1. The summed E-state index contributed by atoms with van der Waals surface area (Å²) in [4.78, 5) is 3.48. The highest BCUT2D eigenvalue weighted by atomic mass is 15.3. The molecule has 0 atom stereocenters. The van der Waals surface area contributed by atoms with Crippen molar-refractivity contribution in [1.82, 2.24) is 20.6 Å². The first-order valence-electron chi connectivity index (χ1n) is 7.32. The van der Waals surface area contributed by atoms with Gasteiger partial charge in [0, 0.05) is 28.1 Å². The summed E-state index contributed by atoms with van der Waals surface area (Å²) < 4.78 is 0. The Morgan fingerprint density at radius 3 is 2.55 bits per heavy atom. The molecule has 1 aromatic carbocycles. The minimum atomic E-state index is 0.777. The minimum absolute atomic E-state index is 0.777. The number of aromatic amines is 2. The van der Waals surface area contributed by atoms with Gasteiger partial charge in [-0.15, -0.1) is 0 Å². The van der Waals surface area contributed by atoms with Crippen LogP contribution in [0.2, 0.25) is 0 Å². The number of nitrogens with zero attached hydrogens (tertiary/aromatic N) is 2. The van der Waals surface area contributed by atoms with E-state index in [1.165, 1.54) is 16.8 Å². The van der Waals surface area contributed by atoms with E-state index < -0.39 is 0 Å². The molecule has 0 bridgehead atoms. The number of aromatic nitrogens is 3. The maximum Gasteiger partial charge on any atom is 0.0923 e. The first-order chi connectivity index (χ1) is 10.7. The fourth-order valence-electron chi connectivity index (χ4n) is 2.89. The zero-order valence-electron chi connectivity index (χ0n) is 12.6. The number of rotatable bonds is 2. The van der Waals surface area contributed by atoms with Gasteiger partial charge in [-0.2, -0.15) is 10.2 Å². The smallest absolute Gasteiger partial charge is 0.0923 e. The van der Waals surface area contributed by atoms with E-state index in [1.54, 1.807) is 0 Å². The summed E-state index contributed by atoms with van der Waals surface area (Å²) in [6.45, 7) is 4.88. The Kier molecular flexibility index (Phi) is 2.85. The average Bonchev–Trinajstić information content (AvgIpc) is 3.12. The average molecular weight is 291 g/mol. The SMILES string of the molecule is Cc1cc(-c2ccc(-c3[nH]c(C)c4c3C=NNC4)cc2)n[nH]1. The molecule has 2 aromatic heterocycles. The van der Waals surface area contributed by atoms with Crippen LogP contribution in [0, 0.1) is 13.8 Å². The van der Waals surface area contributed by atoms with Crippen LogP contribution < -0.4 is 5.43 Å². The van der Waals surface area contributed by atoms with E-state index in [0.717, 1.165) is 34.8 Å². The van der Waals surface area contributed by atoms with E-state index >= 15 is 0 Å². The number of hydrogen-bond acceptors (Lipinski definition) is 3.